The van der Waals surface area contributed by atoms with Gasteiger partial charge in [0.1, 0.15) is 0 Å². The molecule has 0 radical (unpaired) electrons. The second-order valence-electron chi connectivity index (χ2n) is 6.81. The van der Waals surface area contributed by atoms with Crippen molar-refractivity contribution in [2.75, 3.05) is 26.3 Å². The fraction of sp³-hybridized carbons (Fsp3) is 0.217. The van der Waals surface area contributed by atoms with Crippen LogP contribution in [0, 0.1) is 0 Å². The molecule has 0 aromatic heterocycles. The smallest absolute Gasteiger partial charge is 0.0616 e. The Morgan fingerprint density at radius 3 is 2.40 bits per heavy atom. The van der Waals surface area contributed by atoms with Crippen molar-refractivity contribution in [3.05, 3.63) is 83.4 Å². The van der Waals surface area contributed by atoms with E-state index in [-0.39, 0.29) is 0 Å². The lowest BCUT2D eigenvalue weighted by molar-refractivity contribution is 0.0278. The Balaban J connectivity index is 1.72. The Morgan fingerprint density at radius 1 is 0.840 bits per heavy atom. The van der Waals surface area contributed by atoms with Crippen LogP contribution in [0.4, 0.5) is 0 Å². The zero-order valence-electron chi connectivity index (χ0n) is 14.2. The maximum Gasteiger partial charge on any atom is 0.0616 e. The number of morpholine rings is 1. The van der Waals surface area contributed by atoms with Crippen molar-refractivity contribution < 1.29 is 4.74 Å². The number of rotatable bonds is 2. The minimum Gasteiger partial charge on any atom is -0.379 e. The second kappa shape index (κ2) is 6.14. The molecule has 0 spiro atoms. The molecular formula is C23H21NO. The monoisotopic (exact) mass is 327 g/mol. The van der Waals surface area contributed by atoms with Gasteiger partial charge >= 0.3 is 0 Å². The second-order valence-corrected chi connectivity index (χ2v) is 6.81. The van der Waals surface area contributed by atoms with Gasteiger partial charge in [-0.1, -0.05) is 66.7 Å². The number of benzene rings is 3. The third-order valence-electron chi connectivity index (χ3n) is 5.37. The topological polar surface area (TPSA) is 12.5 Å². The normalized spacial score (nSPS) is 21.9. The van der Waals surface area contributed by atoms with Crippen LogP contribution in [0.5, 0.6) is 0 Å². The van der Waals surface area contributed by atoms with Gasteiger partial charge in [0.05, 0.1) is 19.3 Å². The molecule has 1 aliphatic carbocycles. The van der Waals surface area contributed by atoms with Gasteiger partial charge in [-0.3, -0.25) is 4.90 Å². The highest BCUT2D eigenvalue weighted by Crippen LogP contribution is 2.48. The minimum atomic E-state index is 0.324. The summed E-state index contributed by atoms with van der Waals surface area (Å²) in [5.41, 5.74) is 5.51. The van der Waals surface area contributed by atoms with Crippen molar-refractivity contribution in [2.45, 2.75) is 6.04 Å². The molecule has 1 fully saturated rings. The molecular weight excluding hydrogens is 306 g/mol. The molecule has 1 atom stereocenters. The maximum absolute atomic E-state index is 5.60. The lowest BCUT2D eigenvalue weighted by Gasteiger charge is -2.34. The predicted octanol–water partition coefficient (Wildman–Crippen LogP) is 4.77. The van der Waals surface area contributed by atoms with E-state index < -0.39 is 0 Å². The van der Waals surface area contributed by atoms with Crippen molar-refractivity contribution in [3.63, 3.8) is 0 Å². The molecule has 25 heavy (non-hydrogen) atoms. The maximum atomic E-state index is 5.60. The molecule has 1 unspecified atom stereocenters. The molecule has 5 rings (SSSR count). The molecule has 1 aliphatic heterocycles. The fourth-order valence-corrected chi connectivity index (χ4v) is 4.27. The van der Waals surface area contributed by atoms with Crippen LogP contribution in [0.2, 0.25) is 0 Å². The summed E-state index contributed by atoms with van der Waals surface area (Å²) >= 11 is 0. The average molecular weight is 327 g/mol. The van der Waals surface area contributed by atoms with E-state index in [4.69, 9.17) is 4.74 Å². The van der Waals surface area contributed by atoms with E-state index in [1.165, 1.54) is 33.0 Å². The van der Waals surface area contributed by atoms with Crippen LogP contribution in [-0.2, 0) is 4.74 Å². The van der Waals surface area contributed by atoms with Gasteiger partial charge in [-0.2, -0.15) is 0 Å². The average Bonchev–Trinajstić information content (AvgIpc) is 2.99. The van der Waals surface area contributed by atoms with E-state index in [1.54, 1.807) is 0 Å². The van der Waals surface area contributed by atoms with E-state index >= 15 is 0 Å². The Morgan fingerprint density at radius 2 is 1.60 bits per heavy atom. The highest BCUT2D eigenvalue weighted by Gasteiger charge is 2.34. The summed E-state index contributed by atoms with van der Waals surface area (Å²) in [7, 11) is 0. The van der Waals surface area contributed by atoms with Crippen molar-refractivity contribution in [1.82, 2.24) is 4.90 Å². The van der Waals surface area contributed by atoms with E-state index in [2.05, 4.69) is 77.7 Å². The van der Waals surface area contributed by atoms with Gasteiger partial charge in [-0.15, -0.1) is 0 Å². The molecule has 2 aliphatic rings. The first-order valence-electron chi connectivity index (χ1n) is 9.02. The van der Waals surface area contributed by atoms with Crippen molar-refractivity contribution in [3.8, 4) is 0 Å². The lowest BCUT2D eigenvalue weighted by Crippen LogP contribution is -2.38. The van der Waals surface area contributed by atoms with Gasteiger partial charge in [0, 0.05) is 13.1 Å². The van der Waals surface area contributed by atoms with E-state index in [1.807, 2.05) is 0 Å². The van der Waals surface area contributed by atoms with E-state index in [9.17, 15) is 0 Å². The lowest BCUT2D eigenvalue weighted by atomic mass is 9.99. The van der Waals surface area contributed by atoms with Gasteiger partial charge in [-0.05, 0) is 39.1 Å². The highest BCUT2D eigenvalue weighted by atomic mass is 16.5. The zero-order valence-corrected chi connectivity index (χ0v) is 14.2. The summed E-state index contributed by atoms with van der Waals surface area (Å²) in [6, 6.07) is 24.4. The van der Waals surface area contributed by atoms with Crippen molar-refractivity contribution in [1.29, 1.82) is 0 Å². The molecule has 3 aromatic carbocycles. The zero-order chi connectivity index (χ0) is 16.6. The Kier molecular flexibility index (Phi) is 3.66. The van der Waals surface area contributed by atoms with Gasteiger partial charge < -0.3 is 4.74 Å². The third kappa shape index (κ3) is 2.50. The summed E-state index contributed by atoms with van der Waals surface area (Å²) in [5, 5.41) is 2.76. The van der Waals surface area contributed by atoms with Crippen LogP contribution in [0.3, 0.4) is 0 Å². The van der Waals surface area contributed by atoms with E-state index in [0.717, 1.165) is 26.3 Å². The molecule has 3 aromatic rings. The molecule has 124 valence electrons. The highest BCUT2D eigenvalue weighted by molar-refractivity contribution is 6.06. The van der Waals surface area contributed by atoms with Gasteiger partial charge in [0.25, 0.3) is 0 Å². The van der Waals surface area contributed by atoms with Crippen LogP contribution in [0.25, 0.3) is 22.4 Å². The molecule has 0 amide bonds. The fourth-order valence-electron chi connectivity index (χ4n) is 4.27. The van der Waals surface area contributed by atoms with Gasteiger partial charge in [0.2, 0.25) is 0 Å². The summed E-state index contributed by atoms with van der Waals surface area (Å²) in [5.74, 6) is 0. The van der Waals surface area contributed by atoms with E-state index in [0.29, 0.717) is 6.04 Å². The van der Waals surface area contributed by atoms with Crippen LogP contribution >= 0.6 is 0 Å². The first kappa shape index (κ1) is 14.9. The number of ether oxygens (including phenoxy) is 1. The summed E-state index contributed by atoms with van der Waals surface area (Å²) in [6.07, 6.45) is 2.37. The van der Waals surface area contributed by atoms with Crippen molar-refractivity contribution >= 4 is 22.4 Å². The van der Waals surface area contributed by atoms with Crippen LogP contribution in [0.1, 0.15) is 22.7 Å². The first-order valence-corrected chi connectivity index (χ1v) is 9.02. The molecule has 1 saturated heterocycles. The molecule has 0 bridgehead atoms. The largest absolute Gasteiger partial charge is 0.379 e. The summed E-state index contributed by atoms with van der Waals surface area (Å²) in [4.78, 5) is 2.58. The molecule has 0 N–H and O–H groups in total. The number of hydrogen-bond donors (Lipinski definition) is 0. The molecule has 0 saturated carbocycles. The number of hydrogen-bond acceptors (Lipinski definition) is 2. The SMILES string of the molecule is C(=C1c2cccc3cccc(c23)C1N1CCOCC1)c1ccccc1. The predicted molar refractivity (Wildman–Crippen MR) is 103 cm³/mol. The molecule has 2 heteroatoms. The molecule has 2 nitrogen and oxygen atoms in total. The van der Waals surface area contributed by atoms with Crippen LogP contribution < -0.4 is 0 Å². The minimum absolute atomic E-state index is 0.324. The summed E-state index contributed by atoms with van der Waals surface area (Å²) in [6.45, 7) is 3.62. The Labute approximate surface area is 148 Å². The van der Waals surface area contributed by atoms with Crippen molar-refractivity contribution in [2.24, 2.45) is 0 Å². The standard InChI is InChI=1S/C23H21NO/c1-2-6-17(7-3-1)16-21-19-10-4-8-18-9-5-11-20(22(18)19)23(21)24-12-14-25-15-13-24/h1-11,16,23H,12-15H2. The Bertz CT molecular complexity index is 933. The Hall–Kier alpha value is -2.42. The van der Waals surface area contributed by atoms with Gasteiger partial charge in [0.15, 0.2) is 0 Å². The first-order chi connectivity index (χ1) is 12.4. The van der Waals surface area contributed by atoms with Crippen LogP contribution in [-0.4, -0.2) is 31.2 Å². The van der Waals surface area contributed by atoms with Gasteiger partial charge in [-0.25, -0.2) is 0 Å². The number of nitrogens with zero attached hydrogens (tertiary/aromatic N) is 1. The third-order valence-corrected chi connectivity index (χ3v) is 5.37. The van der Waals surface area contributed by atoms with Crippen LogP contribution in [0.15, 0.2) is 66.7 Å². The quantitative estimate of drug-likeness (QED) is 0.672. The summed E-state index contributed by atoms with van der Waals surface area (Å²) < 4.78 is 5.60. The molecule has 1 heterocycles.